The van der Waals surface area contributed by atoms with E-state index in [9.17, 15) is 27.7 Å². The van der Waals surface area contributed by atoms with E-state index in [0.717, 1.165) is 23.1 Å². The third kappa shape index (κ3) is 6.06. The third-order valence-corrected chi connectivity index (χ3v) is 5.92. The Morgan fingerprint density at radius 3 is 2.34 bits per heavy atom. The van der Waals surface area contributed by atoms with Crippen molar-refractivity contribution in [2.45, 2.75) is 38.4 Å². The van der Waals surface area contributed by atoms with E-state index >= 15 is 0 Å². The van der Waals surface area contributed by atoms with Crippen molar-refractivity contribution in [1.29, 1.82) is 0 Å². The zero-order chi connectivity index (χ0) is 21.8. The highest BCUT2D eigenvalue weighted by Gasteiger charge is 2.52. The second-order valence-electron chi connectivity index (χ2n) is 5.88. The quantitative estimate of drug-likeness (QED) is 0.336. The molecule has 2 N–H and O–H groups in total. The number of ether oxygens (including phenoxy) is 1. The number of rotatable bonds is 10. The van der Waals surface area contributed by atoms with E-state index < -0.39 is 60.3 Å². The first kappa shape index (κ1) is 23.9. The number of aromatic amines is 1. The minimum absolute atomic E-state index is 0.0604. The number of nitrogens with zero attached hydrogens (tertiary/aromatic N) is 1. The van der Waals surface area contributed by atoms with Gasteiger partial charge in [0.05, 0.1) is 26.1 Å². The van der Waals surface area contributed by atoms with Gasteiger partial charge in [-0.2, -0.15) is 8.42 Å². The molecule has 0 radical (unpaired) electrons. The molecule has 166 valence electrons. The minimum Gasteiger partial charge on any atom is -0.394 e. The first-order valence-corrected chi connectivity index (χ1v) is 11.8. The van der Waals surface area contributed by atoms with Crippen LogP contribution in [-0.2, 0) is 37.2 Å². The molecule has 2 heterocycles. The Balaban J connectivity index is 2.53. The van der Waals surface area contributed by atoms with Crippen LogP contribution in [0.5, 0.6) is 0 Å². The topological polar surface area (TPSA) is 172 Å². The van der Waals surface area contributed by atoms with Crippen LogP contribution in [0.3, 0.4) is 0 Å². The molecular formula is C14H23N2O11PS. The fourth-order valence-electron chi connectivity index (χ4n) is 2.70. The molecule has 0 unspecified atom stereocenters. The summed E-state index contributed by atoms with van der Waals surface area (Å²) in [6.07, 6.45) is -3.86. The van der Waals surface area contributed by atoms with Crippen molar-refractivity contribution in [3.8, 4) is 0 Å². The third-order valence-electron chi connectivity index (χ3n) is 3.70. The van der Waals surface area contributed by atoms with Crippen LogP contribution < -0.4 is 11.2 Å². The molecule has 0 aromatic carbocycles. The Morgan fingerprint density at radius 1 is 1.24 bits per heavy atom. The van der Waals surface area contributed by atoms with Crippen LogP contribution in [0.15, 0.2) is 21.9 Å². The van der Waals surface area contributed by atoms with Crippen molar-refractivity contribution in [2.75, 3.05) is 26.1 Å². The Labute approximate surface area is 166 Å². The summed E-state index contributed by atoms with van der Waals surface area (Å²) in [7, 11) is -8.29. The van der Waals surface area contributed by atoms with Crippen LogP contribution in [0.25, 0.3) is 0 Å². The smallest absolute Gasteiger partial charge is 0.394 e. The minimum atomic E-state index is -4.21. The number of hydrogen-bond acceptors (Lipinski definition) is 11. The molecule has 13 nitrogen and oxygen atoms in total. The molecule has 1 saturated heterocycles. The largest absolute Gasteiger partial charge is 0.475 e. The van der Waals surface area contributed by atoms with E-state index in [1.165, 1.54) is 13.8 Å². The lowest BCUT2D eigenvalue weighted by Gasteiger charge is -2.27. The summed E-state index contributed by atoms with van der Waals surface area (Å²) in [5.74, 6) is 0. The van der Waals surface area contributed by atoms with Gasteiger partial charge in [-0.3, -0.25) is 32.1 Å². The van der Waals surface area contributed by atoms with Crippen molar-refractivity contribution in [3.05, 3.63) is 33.1 Å². The summed E-state index contributed by atoms with van der Waals surface area (Å²) in [6, 6.07) is 1.02. The molecule has 0 spiro atoms. The Bertz CT molecular complexity index is 949. The van der Waals surface area contributed by atoms with E-state index in [4.69, 9.17) is 22.5 Å². The van der Waals surface area contributed by atoms with Crippen LogP contribution in [0, 0.1) is 0 Å². The summed E-state index contributed by atoms with van der Waals surface area (Å²) in [6.45, 7) is 2.24. The van der Waals surface area contributed by atoms with Gasteiger partial charge < -0.3 is 9.84 Å². The van der Waals surface area contributed by atoms with Crippen LogP contribution >= 0.6 is 7.82 Å². The van der Waals surface area contributed by atoms with Crippen LogP contribution in [0.1, 0.15) is 20.1 Å². The normalized spacial score (nSPS) is 25.4. The average Bonchev–Trinajstić information content (AvgIpc) is 2.91. The van der Waals surface area contributed by atoms with E-state index in [0.29, 0.717) is 0 Å². The SMILES string of the molecule is CCOP(=O)(OCC)O[C@@H]1[C@@H](OS(C)(=O)=O)[C@@H](CO)O[C@H]1n1ccc(=O)[nH]c1=O. The summed E-state index contributed by atoms with van der Waals surface area (Å²) >= 11 is 0. The summed E-state index contributed by atoms with van der Waals surface area (Å²) in [5.41, 5.74) is -1.59. The van der Waals surface area contributed by atoms with E-state index in [-0.39, 0.29) is 13.2 Å². The van der Waals surface area contributed by atoms with E-state index in [1.807, 2.05) is 4.98 Å². The highest BCUT2D eigenvalue weighted by atomic mass is 32.2. The van der Waals surface area contributed by atoms with Crippen molar-refractivity contribution in [2.24, 2.45) is 0 Å². The number of nitrogens with one attached hydrogen (secondary N) is 1. The van der Waals surface area contributed by atoms with Crippen molar-refractivity contribution in [1.82, 2.24) is 9.55 Å². The van der Waals surface area contributed by atoms with Crippen LogP contribution in [-0.4, -0.2) is 67.5 Å². The lowest BCUT2D eigenvalue weighted by molar-refractivity contribution is -0.0555. The maximum Gasteiger partial charge on any atom is 0.475 e. The first-order chi connectivity index (χ1) is 13.5. The highest BCUT2D eigenvalue weighted by Crippen LogP contribution is 2.53. The number of H-pyrrole nitrogens is 1. The standard InChI is InChI=1S/C14H23N2O11PS/c1-4-23-28(20,24-5-2)26-12-11(27-29(3,21)22)9(8-17)25-13(12)16-7-6-10(18)15-14(16)19/h6-7,9,11-13,17H,4-5,8H2,1-3H3,(H,15,18,19)/t9-,11+,12-,13-/m1/s1. The Kier molecular flexibility index (Phi) is 7.93. The van der Waals surface area contributed by atoms with Crippen molar-refractivity contribution >= 4 is 17.9 Å². The van der Waals surface area contributed by atoms with Gasteiger partial charge in [0.1, 0.15) is 18.3 Å². The average molecular weight is 458 g/mol. The van der Waals surface area contributed by atoms with Crippen LogP contribution in [0.4, 0.5) is 0 Å². The lowest BCUT2D eigenvalue weighted by atomic mass is 10.1. The highest BCUT2D eigenvalue weighted by molar-refractivity contribution is 7.86. The molecule has 0 aliphatic carbocycles. The zero-order valence-electron chi connectivity index (χ0n) is 15.9. The number of aliphatic hydroxyl groups excluding tert-OH is 1. The molecule has 1 aliphatic heterocycles. The molecule has 4 atom stereocenters. The molecule has 29 heavy (non-hydrogen) atoms. The predicted octanol–water partition coefficient (Wildman–Crippen LogP) is -0.663. The number of phosphoric ester groups is 1. The molecule has 0 bridgehead atoms. The van der Waals surface area contributed by atoms with Gasteiger partial charge in [0.2, 0.25) is 0 Å². The number of aliphatic hydroxyl groups is 1. The molecule has 1 aliphatic rings. The van der Waals surface area contributed by atoms with Gasteiger partial charge in [-0.05, 0) is 13.8 Å². The Morgan fingerprint density at radius 2 is 1.86 bits per heavy atom. The van der Waals surface area contributed by atoms with Gasteiger partial charge in [-0.15, -0.1) is 0 Å². The summed E-state index contributed by atoms with van der Waals surface area (Å²) < 4.78 is 63.2. The second kappa shape index (κ2) is 9.62. The maximum atomic E-state index is 12.9. The molecule has 0 amide bonds. The first-order valence-electron chi connectivity index (χ1n) is 8.57. The Hall–Kier alpha value is -1.38. The van der Waals surface area contributed by atoms with Gasteiger partial charge >= 0.3 is 13.5 Å². The van der Waals surface area contributed by atoms with Crippen molar-refractivity contribution in [3.63, 3.8) is 0 Å². The monoisotopic (exact) mass is 458 g/mol. The molecule has 15 heteroatoms. The van der Waals surface area contributed by atoms with Crippen molar-refractivity contribution < 1.29 is 40.6 Å². The fraction of sp³-hybridized carbons (Fsp3) is 0.714. The predicted molar refractivity (Wildman–Crippen MR) is 97.8 cm³/mol. The lowest BCUT2D eigenvalue weighted by Crippen LogP contribution is -2.41. The zero-order valence-corrected chi connectivity index (χ0v) is 17.6. The van der Waals surface area contributed by atoms with Gasteiger partial charge in [0, 0.05) is 12.3 Å². The molecular weight excluding hydrogens is 435 g/mol. The molecule has 1 fully saturated rings. The van der Waals surface area contributed by atoms with E-state index in [1.54, 1.807) is 0 Å². The van der Waals surface area contributed by atoms with Gasteiger partial charge in [-0.25, -0.2) is 9.36 Å². The summed E-state index contributed by atoms with van der Waals surface area (Å²) in [5, 5.41) is 9.60. The fourth-order valence-corrected chi connectivity index (χ4v) is 4.69. The molecule has 2 rings (SSSR count). The van der Waals surface area contributed by atoms with E-state index in [2.05, 4.69) is 0 Å². The number of aromatic nitrogens is 2. The molecule has 1 aromatic rings. The maximum absolute atomic E-state index is 12.9. The second-order valence-corrected chi connectivity index (χ2v) is 9.11. The number of hydrogen-bond donors (Lipinski definition) is 2. The molecule has 1 aromatic heterocycles. The van der Waals surface area contributed by atoms with Crippen LogP contribution in [0.2, 0.25) is 0 Å². The summed E-state index contributed by atoms with van der Waals surface area (Å²) in [4.78, 5) is 25.5. The van der Waals surface area contributed by atoms with Gasteiger partial charge in [-0.1, -0.05) is 0 Å². The van der Waals surface area contributed by atoms with Gasteiger partial charge in [0.15, 0.2) is 6.23 Å². The number of phosphoric acid groups is 1. The molecule has 0 saturated carbocycles. The van der Waals surface area contributed by atoms with Gasteiger partial charge in [0.25, 0.3) is 15.7 Å².